The minimum Gasteiger partial charge on any atom is -0.467 e. The standard InChI is InChI=1S/C24H24BrClO3/c1-14-19(22(23(27)28-5)29-24(2,3)4)20(15-10-12-16(26)13-11-15)17-8-6-7-9-18(17)21(14)25/h6-13,22H,1-5H3. The van der Waals surface area contributed by atoms with E-state index in [1.807, 2.05) is 64.1 Å². The summed E-state index contributed by atoms with van der Waals surface area (Å²) in [6.07, 6.45) is -0.869. The van der Waals surface area contributed by atoms with E-state index in [2.05, 4.69) is 28.1 Å². The van der Waals surface area contributed by atoms with Gasteiger partial charge in [0, 0.05) is 15.1 Å². The molecule has 152 valence electrons. The molecular weight excluding hydrogens is 452 g/mol. The van der Waals surface area contributed by atoms with Crippen molar-refractivity contribution in [1.82, 2.24) is 0 Å². The molecule has 1 unspecified atom stereocenters. The molecule has 0 saturated heterocycles. The molecule has 0 aromatic heterocycles. The highest BCUT2D eigenvalue weighted by molar-refractivity contribution is 9.10. The maximum atomic E-state index is 12.8. The third kappa shape index (κ3) is 4.50. The summed E-state index contributed by atoms with van der Waals surface area (Å²) in [5, 5.41) is 2.75. The van der Waals surface area contributed by atoms with E-state index in [0.717, 1.165) is 37.5 Å². The Labute approximate surface area is 185 Å². The Hall–Kier alpha value is -1.88. The van der Waals surface area contributed by atoms with Gasteiger partial charge in [0.05, 0.1) is 12.7 Å². The number of carbonyl (C=O) groups is 1. The van der Waals surface area contributed by atoms with Crippen LogP contribution in [0.3, 0.4) is 0 Å². The highest BCUT2D eigenvalue weighted by Gasteiger charge is 2.33. The highest BCUT2D eigenvalue weighted by atomic mass is 79.9. The third-order valence-corrected chi connectivity index (χ3v) is 5.99. The molecule has 3 rings (SSSR count). The van der Waals surface area contributed by atoms with Crippen LogP contribution in [-0.4, -0.2) is 18.7 Å². The average molecular weight is 476 g/mol. The number of esters is 1. The van der Waals surface area contributed by atoms with Crippen molar-refractivity contribution in [2.24, 2.45) is 0 Å². The molecule has 0 amide bonds. The molecule has 5 heteroatoms. The summed E-state index contributed by atoms with van der Waals surface area (Å²) in [6.45, 7) is 7.77. The fourth-order valence-corrected chi connectivity index (χ4v) is 4.17. The molecule has 1 atom stereocenters. The zero-order valence-electron chi connectivity index (χ0n) is 17.2. The molecule has 0 bridgehead atoms. The van der Waals surface area contributed by atoms with Crippen LogP contribution in [0.1, 0.15) is 38.0 Å². The number of fused-ring (bicyclic) bond motifs is 1. The Morgan fingerprint density at radius 2 is 1.62 bits per heavy atom. The van der Waals surface area contributed by atoms with Crippen molar-refractivity contribution < 1.29 is 14.3 Å². The lowest BCUT2D eigenvalue weighted by Gasteiger charge is -2.30. The van der Waals surface area contributed by atoms with Gasteiger partial charge in [-0.05, 0) is 83.2 Å². The second kappa shape index (κ2) is 8.47. The van der Waals surface area contributed by atoms with Crippen LogP contribution in [0.25, 0.3) is 21.9 Å². The van der Waals surface area contributed by atoms with Crippen molar-refractivity contribution in [2.75, 3.05) is 7.11 Å². The lowest BCUT2D eigenvalue weighted by atomic mass is 9.87. The molecular formula is C24H24BrClO3. The molecule has 0 radical (unpaired) electrons. The van der Waals surface area contributed by atoms with Crippen LogP contribution in [-0.2, 0) is 14.3 Å². The van der Waals surface area contributed by atoms with Gasteiger partial charge in [-0.2, -0.15) is 0 Å². The average Bonchev–Trinajstić information content (AvgIpc) is 2.68. The molecule has 0 saturated carbocycles. The monoisotopic (exact) mass is 474 g/mol. The van der Waals surface area contributed by atoms with Crippen molar-refractivity contribution in [3.63, 3.8) is 0 Å². The summed E-state index contributed by atoms with van der Waals surface area (Å²) in [5.74, 6) is -0.430. The van der Waals surface area contributed by atoms with Gasteiger partial charge in [-0.15, -0.1) is 0 Å². The first-order valence-electron chi connectivity index (χ1n) is 9.36. The minimum absolute atomic E-state index is 0.430. The fraction of sp³-hybridized carbons (Fsp3) is 0.292. The molecule has 29 heavy (non-hydrogen) atoms. The van der Waals surface area contributed by atoms with E-state index < -0.39 is 17.7 Å². The number of benzene rings is 3. The van der Waals surface area contributed by atoms with Crippen LogP contribution in [0.4, 0.5) is 0 Å². The lowest BCUT2D eigenvalue weighted by Crippen LogP contribution is -2.29. The van der Waals surface area contributed by atoms with Gasteiger partial charge in [0.15, 0.2) is 6.10 Å². The first-order chi connectivity index (χ1) is 13.6. The van der Waals surface area contributed by atoms with Crippen LogP contribution in [0, 0.1) is 6.92 Å². The van der Waals surface area contributed by atoms with E-state index in [-0.39, 0.29) is 0 Å². The van der Waals surface area contributed by atoms with Crippen molar-refractivity contribution in [3.8, 4) is 11.1 Å². The number of carbonyl (C=O) groups excluding carboxylic acids is 1. The molecule has 0 aliphatic rings. The predicted molar refractivity (Wildman–Crippen MR) is 122 cm³/mol. The lowest BCUT2D eigenvalue weighted by molar-refractivity contribution is -0.164. The van der Waals surface area contributed by atoms with Gasteiger partial charge >= 0.3 is 5.97 Å². The zero-order valence-corrected chi connectivity index (χ0v) is 19.5. The van der Waals surface area contributed by atoms with Crippen LogP contribution >= 0.6 is 27.5 Å². The van der Waals surface area contributed by atoms with Gasteiger partial charge in [-0.1, -0.05) is 48.0 Å². The van der Waals surface area contributed by atoms with E-state index in [4.69, 9.17) is 21.1 Å². The number of hydrogen-bond acceptors (Lipinski definition) is 3. The maximum absolute atomic E-state index is 12.8. The summed E-state index contributed by atoms with van der Waals surface area (Å²) in [7, 11) is 1.38. The number of halogens is 2. The molecule has 3 aromatic rings. The first-order valence-corrected chi connectivity index (χ1v) is 10.5. The minimum atomic E-state index is -0.869. The number of methoxy groups -OCH3 is 1. The fourth-order valence-electron chi connectivity index (χ4n) is 3.49. The smallest absolute Gasteiger partial charge is 0.339 e. The van der Waals surface area contributed by atoms with Crippen LogP contribution < -0.4 is 0 Å². The summed E-state index contributed by atoms with van der Waals surface area (Å²) in [4.78, 5) is 12.8. The van der Waals surface area contributed by atoms with E-state index in [1.165, 1.54) is 7.11 Å². The Morgan fingerprint density at radius 1 is 1.03 bits per heavy atom. The van der Waals surface area contributed by atoms with E-state index in [0.29, 0.717) is 5.02 Å². The normalized spacial score (nSPS) is 12.8. The van der Waals surface area contributed by atoms with Crippen LogP contribution in [0.15, 0.2) is 53.0 Å². The Balaban J connectivity index is 2.43. The van der Waals surface area contributed by atoms with Gasteiger partial charge in [0.2, 0.25) is 0 Å². The Bertz CT molecular complexity index is 1050. The van der Waals surface area contributed by atoms with Gasteiger partial charge in [-0.3, -0.25) is 0 Å². The van der Waals surface area contributed by atoms with Gasteiger partial charge in [0.25, 0.3) is 0 Å². The van der Waals surface area contributed by atoms with Crippen molar-refractivity contribution in [3.05, 3.63) is 69.2 Å². The summed E-state index contributed by atoms with van der Waals surface area (Å²) < 4.78 is 12.3. The van der Waals surface area contributed by atoms with Crippen molar-refractivity contribution in [1.29, 1.82) is 0 Å². The molecule has 3 nitrogen and oxygen atoms in total. The van der Waals surface area contributed by atoms with Crippen molar-refractivity contribution in [2.45, 2.75) is 39.4 Å². The van der Waals surface area contributed by atoms with E-state index >= 15 is 0 Å². The molecule has 0 N–H and O–H groups in total. The summed E-state index contributed by atoms with van der Waals surface area (Å²) in [6, 6.07) is 15.7. The zero-order chi connectivity index (χ0) is 21.3. The summed E-state index contributed by atoms with van der Waals surface area (Å²) in [5.41, 5.74) is 3.09. The number of rotatable bonds is 4. The van der Waals surface area contributed by atoms with Gasteiger partial charge in [-0.25, -0.2) is 4.79 Å². The predicted octanol–water partition coefficient (Wildman–Crippen LogP) is 7.26. The maximum Gasteiger partial charge on any atom is 0.339 e. The second-order valence-corrected chi connectivity index (χ2v) is 9.14. The second-order valence-electron chi connectivity index (χ2n) is 7.91. The number of hydrogen-bond donors (Lipinski definition) is 0. The van der Waals surface area contributed by atoms with Gasteiger partial charge < -0.3 is 9.47 Å². The Morgan fingerprint density at radius 3 is 2.17 bits per heavy atom. The molecule has 0 spiro atoms. The highest BCUT2D eigenvalue weighted by Crippen LogP contribution is 2.44. The Kier molecular flexibility index (Phi) is 6.37. The SMILES string of the molecule is COC(=O)C(OC(C)(C)C)c1c(C)c(Br)c2ccccc2c1-c1ccc(Cl)cc1. The molecule has 0 aliphatic heterocycles. The van der Waals surface area contributed by atoms with Crippen LogP contribution in [0.2, 0.25) is 5.02 Å². The molecule has 3 aromatic carbocycles. The van der Waals surface area contributed by atoms with E-state index in [1.54, 1.807) is 0 Å². The molecule has 0 aliphatic carbocycles. The first kappa shape index (κ1) is 21.8. The third-order valence-electron chi connectivity index (χ3n) is 4.72. The molecule has 0 fully saturated rings. The van der Waals surface area contributed by atoms with Crippen molar-refractivity contribution >= 4 is 44.3 Å². The van der Waals surface area contributed by atoms with Crippen LogP contribution in [0.5, 0.6) is 0 Å². The number of ether oxygens (including phenoxy) is 2. The largest absolute Gasteiger partial charge is 0.467 e. The summed E-state index contributed by atoms with van der Waals surface area (Å²) >= 11 is 9.87. The molecule has 0 heterocycles. The topological polar surface area (TPSA) is 35.5 Å². The van der Waals surface area contributed by atoms with Gasteiger partial charge in [0.1, 0.15) is 0 Å². The quantitative estimate of drug-likeness (QED) is 0.372. The van der Waals surface area contributed by atoms with E-state index in [9.17, 15) is 4.79 Å².